The van der Waals surface area contributed by atoms with E-state index in [2.05, 4.69) is 0 Å². The van der Waals surface area contributed by atoms with E-state index in [1.165, 1.54) is 12.1 Å². The summed E-state index contributed by atoms with van der Waals surface area (Å²) in [6.07, 6.45) is 0. The maximum absolute atomic E-state index is 12.3. The highest BCUT2D eigenvalue weighted by Gasteiger charge is 2.17. The van der Waals surface area contributed by atoms with Crippen molar-refractivity contribution in [3.63, 3.8) is 0 Å². The van der Waals surface area contributed by atoms with Gasteiger partial charge in [-0.15, -0.1) is 0 Å². The molecule has 0 amide bonds. The van der Waals surface area contributed by atoms with Crippen LogP contribution in [-0.2, 0) is 4.74 Å². The molecule has 0 bridgehead atoms. The molecule has 5 heteroatoms. The number of hydrogen-bond donors (Lipinski definition) is 0. The summed E-state index contributed by atoms with van der Waals surface area (Å²) in [7, 11) is 0. The molecule has 0 aliphatic heterocycles. The molecule has 0 saturated carbocycles. The highest BCUT2D eigenvalue weighted by Crippen LogP contribution is 2.25. The van der Waals surface area contributed by atoms with Gasteiger partial charge in [-0.25, -0.2) is 4.79 Å². The fraction of sp³-hybridized carbons (Fsp3) is 0.0476. The van der Waals surface area contributed by atoms with Gasteiger partial charge in [0.05, 0.1) is 15.6 Å². The summed E-state index contributed by atoms with van der Waals surface area (Å²) in [6.45, 7) is -0.384. The number of ketones is 1. The average Bonchev–Trinajstić information content (AvgIpc) is 2.67. The largest absolute Gasteiger partial charge is 0.454 e. The molecule has 0 N–H and O–H groups in total. The molecule has 0 aliphatic carbocycles. The van der Waals surface area contributed by atoms with E-state index in [1.54, 1.807) is 18.2 Å². The molecule has 3 nitrogen and oxygen atoms in total. The van der Waals surface area contributed by atoms with Gasteiger partial charge in [0.1, 0.15) is 0 Å². The summed E-state index contributed by atoms with van der Waals surface area (Å²) in [5.41, 5.74) is 2.58. The van der Waals surface area contributed by atoms with E-state index in [9.17, 15) is 9.59 Å². The average molecular weight is 385 g/mol. The number of carbonyl (C=O) groups is 2. The fourth-order valence-electron chi connectivity index (χ4n) is 2.46. The standard InChI is InChI=1S/C21H14Cl2O3/c22-17-7-4-8-18(23)20(17)21(25)26-13-19(24)16-11-9-15(10-12-16)14-5-2-1-3-6-14/h1-12H,13H2. The summed E-state index contributed by atoms with van der Waals surface area (Å²) in [6, 6.07) is 21.7. The molecule has 0 heterocycles. The number of hydrogen-bond acceptors (Lipinski definition) is 3. The summed E-state index contributed by atoms with van der Waals surface area (Å²) < 4.78 is 5.06. The Labute approximate surface area is 161 Å². The minimum atomic E-state index is -0.727. The summed E-state index contributed by atoms with van der Waals surface area (Å²) in [5.74, 6) is -1.03. The van der Waals surface area contributed by atoms with E-state index in [0.29, 0.717) is 5.56 Å². The first-order valence-electron chi connectivity index (χ1n) is 7.86. The minimum Gasteiger partial charge on any atom is -0.454 e. The first-order valence-corrected chi connectivity index (χ1v) is 8.61. The van der Waals surface area contributed by atoms with Crippen LogP contribution < -0.4 is 0 Å². The van der Waals surface area contributed by atoms with Gasteiger partial charge in [-0.1, -0.05) is 83.9 Å². The van der Waals surface area contributed by atoms with Crippen molar-refractivity contribution in [2.45, 2.75) is 0 Å². The molecule has 0 saturated heterocycles. The third-order valence-electron chi connectivity index (χ3n) is 3.82. The molecule has 26 heavy (non-hydrogen) atoms. The lowest BCUT2D eigenvalue weighted by Gasteiger charge is -2.08. The van der Waals surface area contributed by atoms with Crippen molar-refractivity contribution in [3.05, 3.63) is 94.0 Å². The molecule has 0 aromatic heterocycles. The third-order valence-corrected chi connectivity index (χ3v) is 4.45. The van der Waals surface area contributed by atoms with Crippen LogP contribution in [0.15, 0.2) is 72.8 Å². The topological polar surface area (TPSA) is 43.4 Å². The Bertz CT molecular complexity index is 915. The van der Waals surface area contributed by atoms with Crippen LogP contribution in [0.25, 0.3) is 11.1 Å². The second-order valence-electron chi connectivity index (χ2n) is 5.54. The van der Waals surface area contributed by atoms with Crippen molar-refractivity contribution in [1.29, 1.82) is 0 Å². The number of Topliss-reactive ketones (excluding diaryl/α,β-unsaturated/α-hetero) is 1. The SMILES string of the molecule is O=C(COC(=O)c1c(Cl)cccc1Cl)c1ccc(-c2ccccc2)cc1. The van der Waals surface area contributed by atoms with Crippen LogP contribution >= 0.6 is 23.2 Å². The van der Waals surface area contributed by atoms with E-state index in [0.717, 1.165) is 11.1 Å². The van der Waals surface area contributed by atoms with E-state index in [-0.39, 0.29) is 28.0 Å². The molecule has 130 valence electrons. The van der Waals surface area contributed by atoms with Crippen LogP contribution in [0.2, 0.25) is 10.0 Å². The van der Waals surface area contributed by atoms with E-state index >= 15 is 0 Å². The molecule has 3 rings (SSSR count). The third kappa shape index (κ3) is 4.13. The summed E-state index contributed by atoms with van der Waals surface area (Å²) in [4.78, 5) is 24.4. The monoisotopic (exact) mass is 384 g/mol. The number of rotatable bonds is 5. The lowest BCUT2D eigenvalue weighted by Crippen LogP contribution is -2.15. The van der Waals surface area contributed by atoms with Gasteiger partial charge in [-0.2, -0.15) is 0 Å². The van der Waals surface area contributed by atoms with Gasteiger partial charge >= 0.3 is 5.97 Å². The highest BCUT2D eigenvalue weighted by atomic mass is 35.5. The molecule has 0 aliphatic rings. The van der Waals surface area contributed by atoms with Crippen LogP contribution in [-0.4, -0.2) is 18.4 Å². The van der Waals surface area contributed by atoms with Crippen molar-refractivity contribution < 1.29 is 14.3 Å². The first-order chi connectivity index (χ1) is 12.6. The number of esters is 1. The zero-order valence-electron chi connectivity index (χ0n) is 13.6. The van der Waals surface area contributed by atoms with Crippen molar-refractivity contribution in [1.82, 2.24) is 0 Å². The Morgan fingerprint density at radius 3 is 1.92 bits per heavy atom. The van der Waals surface area contributed by atoms with Crippen LogP contribution in [0.1, 0.15) is 20.7 Å². The van der Waals surface area contributed by atoms with Crippen molar-refractivity contribution in [2.75, 3.05) is 6.61 Å². The molecule has 0 atom stereocenters. The molecule has 0 radical (unpaired) electrons. The van der Waals surface area contributed by atoms with E-state index < -0.39 is 5.97 Å². The molecule has 3 aromatic carbocycles. The second kappa shape index (κ2) is 8.17. The highest BCUT2D eigenvalue weighted by molar-refractivity contribution is 6.39. The van der Waals surface area contributed by atoms with Gasteiger partial charge in [0.15, 0.2) is 12.4 Å². The molecule has 3 aromatic rings. The minimum absolute atomic E-state index is 0.0584. The summed E-state index contributed by atoms with van der Waals surface area (Å²) >= 11 is 11.9. The van der Waals surface area contributed by atoms with Gasteiger partial charge < -0.3 is 4.74 Å². The predicted molar refractivity (Wildman–Crippen MR) is 103 cm³/mol. The quantitative estimate of drug-likeness (QED) is 0.418. The van der Waals surface area contributed by atoms with E-state index in [4.69, 9.17) is 27.9 Å². The van der Waals surface area contributed by atoms with Crippen molar-refractivity contribution >= 4 is 35.0 Å². The van der Waals surface area contributed by atoms with Crippen LogP contribution in [0.4, 0.5) is 0 Å². The van der Waals surface area contributed by atoms with Gasteiger partial charge in [-0.3, -0.25) is 4.79 Å². The maximum atomic E-state index is 12.3. The Morgan fingerprint density at radius 2 is 1.31 bits per heavy atom. The Kier molecular flexibility index (Phi) is 5.71. The van der Waals surface area contributed by atoms with Gasteiger partial charge in [-0.05, 0) is 23.3 Å². The smallest absolute Gasteiger partial charge is 0.341 e. The lowest BCUT2D eigenvalue weighted by molar-refractivity contribution is 0.0475. The number of carbonyl (C=O) groups excluding carboxylic acids is 2. The van der Waals surface area contributed by atoms with E-state index in [1.807, 2.05) is 42.5 Å². The Hall–Kier alpha value is -2.62. The zero-order valence-corrected chi connectivity index (χ0v) is 15.1. The number of ether oxygens (including phenoxy) is 1. The Morgan fingerprint density at radius 1 is 0.731 bits per heavy atom. The molecular weight excluding hydrogens is 371 g/mol. The fourth-order valence-corrected chi connectivity index (χ4v) is 3.01. The number of benzene rings is 3. The maximum Gasteiger partial charge on any atom is 0.341 e. The predicted octanol–water partition coefficient (Wildman–Crippen LogP) is 5.70. The zero-order chi connectivity index (χ0) is 18.5. The van der Waals surface area contributed by atoms with Crippen LogP contribution in [0, 0.1) is 0 Å². The number of halogens is 2. The molecular formula is C21H14Cl2O3. The van der Waals surface area contributed by atoms with Crippen molar-refractivity contribution in [3.8, 4) is 11.1 Å². The molecule has 0 unspecified atom stereocenters. The normalized spacial score (nSPS) is 10.4. The van der Waals surface area contributed by atoms with Crippen LogP contribution in [0.5, 0.6) is 0 Å². The van der Waals surface area contributed by atoms with Gasteiger partial charge in [0.25, 0.3) is 0 Å². The first kappa shape index (κ1) is 18.2. The lowest BCUT2D eigenvalue weighted by atomic mass is 10.0. The van der Waals surface area contributed by atoms with Crippen LogP contribution in [0.3, 0.4) is 0 Å². The Balaban J connectivity index is 1.66. The second-order valence-corrected chi connectivity index (χ2v) is 6.35. The summed E-state index contributed by atoms with van der Waals surface area (Å²) in [5, 5.41) is 0.365. The molecule has 0 spiro atoms. The van der Waals surface area contributed by atoms with Gasteiger partial charge in [0, 0.05) is 5.56 Å². The molecule has 0 fully saturated rings. The van der Waals surface area contributed by atoms with Crippen molar-refractivity contribution in [2.24, 2.45) is 0 Å². The van der Waals surface area contributed by atoms with Gasteiger partial charge in [0.2, 0.25) is 0 Å².